The lowest BCUT2D eigenvalue weighted by molar-refractivity contribution is 0.175. The Labute approximate surface area is 102 Å². The fraction of sp³-hybridized carbons (Fsp3) is 0.375. The first-order valence-electron chi connectivity index (χ1n) is 6.35. The number of aliphatic hydroxyl groups excluding tert-OH is 1. The van der Waals surface area contributed by atoms with Gasteiger partial charge in [-0.25, -0.2) is 0 Å². The van der Waals surface area contributed by atoms with Gasteiger partial charge in [0.2, 0.25) is 0 Å². The van der Waals surface area contributed by atoms with Crippen LogP contribution in [0.5, 0.6) is 0 Å². The van der Waals surface area contributed by atoms with Crippen molar-refractivity contribution in [2.45, 2.75) is 37.7 Å². The molecule has 0 aliphatic heterocycles. The van der Waals surface area contributed by atoms with E-state index in [2.05, 4.69) is 49.4 Å². The van der Waals surface area contributed by atoms with Crippen molar-refractivity contribution in [3.63, 3.8) is 0 Å². The van der Waals surface area contributed by atoms with E-state index in [1.54, 1.807) is 0 Å². The smallest absolute Gasteiger partial charge is 0.0549 e. The van der Waals surface area contributed by atoms with Crippen LogP contribution in [0.15, 0.2) is 42.5 Å². The third-order valence-corrected chi connectivity index (χ3v) is 4.16. The van der Waals surface area contributed by atoms with E-state index >= 15 is 0 Å². The number of benzene rings is 2. The van der Waals surface area contributed by atoms with E-state index in [4.69, 9.17) is 0 Å². The van der Waals surface area contributed by atoms with E-state index < -0.39 is 0 Å². The summed E-state index contributed by atoms with van der Waals surface area (Å²) in [5.74, 6) is 0. The van der Waals surface area contributed by atoms with E-state index in [9.17, 15) is 5.11 Å². The number of hydrogen-bond acceptors (Lipinski definition) is 1. The molecule has 0 saturated heterocycles. The first-order chi connectivity index (χ1) is 8.17. The number of fused-ring (bicyclic) bond motifs is 1. The maximum absolute atomic E-state index is 9.74. The molecule has 1 aliphatic carbocycles. The Morgan fingerprint density at radius 2 is 1.88 bits per heavy atom. The molecule has 1 nitrogen and oxygen atoms in total. The van der Waals surface area contributed by atoms with Crippen molar-refractivity contribution in [3.05, 3.63) is 48.0 Å². The second-order valence-electron chi connectivity index (χ2n) is 5.52. The topological polar surface area (TPSA) is 20.2 Å². The van der Waals surface area contributed by atoms with Gasteiger partial charge in [0, 0.05) is 0 Å². The summed E-state index contributed by atoms with van der Waals surface area (Å²) in [7, 11) is 0. The van der Waals surface area contributed by atoms with Crippen LogP contribution in [0.3, 0.4) is 0 Å². The van der Waals surface area contributed by atoms with Crippen molar-refractivity contribution in [1.82, 2.24) is 0 Å². The molecular formula is C16H18O. The summed E-state index contributed by atoms with van der Waals surface area (Å²) < 4.78 is 0. The van der Waals surface area contributed by atoms with Crippen molar-refractivity contribution < 1.29 is 5.11 Å². The second-order valence-corrected chi connectivity index (χ2v) is 5.52. The van der Waals surface area contributed by atoms with E-state index in [1.165, 1.54) is 16.3 Å². The molecule has 0 radical (unpaired) electrons. The van der Waals surface area contributed by atoms with Crippen LogP contribution in [-0.4, -0.2) is 11.2 Å². The average Bonchev–Trinajstić information content (AvgIpc) is 2.70. The lowest BCUT2D eigenvalue weighted by atomic mass is 9.80. The average molecular weight is 226 g/mol. The molecule has 2 aromatic rings. The quantitative estimate of drug-likeness (QED) is 0.787. The van der Waals surface area contributed by atoms with Gasteiger partial charge in [0.05, 0.1) is 6.10 Å². The Hall–Kier alpha value is -1.34. The molecular weight excluding hydrogens is 208 g/mol. The summed E-state index contributed by atoms with van der Waals surface area (Å²) in [5.41, 5.74) is 1.52. The molecule has 0 bridgehead atoms. The van der Waals surface area contributed by atoms with Crippen LogP contribution in [0.2, 0.25) is 0 Å². The Balaban J connectivity index is 2.06. The van der Waals surface area contributed by atoms with Gasteiger partial charge >= 0.3 is 0 Å². The lowest BCUT2D eigenvalue weighted by Crippen LogP contribution is -2.18. The molecule has 3 rings (SSSR count). The molecule has 17 heavy (non-hydrogen) atoms. The van der Waals surface area contributed by atoms with E-state index in [0.29, 0.717) is 0 Å². The minimum Gasteiger partial charge on any atom is -0.393 e. The summed E-state index contributed by atoms with van der Waals surface area (Å²) in [6, 6.07) is 15.2. The highest BCUT2D eigenvalue weighted by Crippen LogP contribution is 2.41. The Kier molecular flexibility index (Phi) is 2.44. The minimum atomic E-state index is -0.119. The molecule has 1 heteroatoms. The van der Waals surface area contributed by atoms with Gasteiger partial charge in [0.15, 0.2) is 0 Å². The van der Waals surface area contributed by atoms with Crippen LogP contribution in [-0.2, 0) is 5.41 Å². The fourth-order valence-corrected chi connectivity index (χ4v) is 3.04. The predicted molar refractivity (Wildman–Crippen MR) is 71.2 cm³/mol. The van der Waals surface area contributed by atoms with Crippen molar-refractivity contribution in [2.24, 2.45) is 0 Å². The summed E-state index contributed by atoms with van der Waals surface area (Å²) in [6.07, 6.45) is 2.80. The fourth-order valence-electron chi connectivity index (χ4n) is 3.04. The largest absolute Gasteiger partial charge is 0.393 e. The van der Waals surface area contributed by atoms with Crippen LogP contribution in [0.1, 0.15) is 31.7 Å². The molecule has 2 unspecified atom stereocenters. The molecule has 0 heterocycles. The first-order valence-corrected chi connectivity index (χ1v) is 6.35. The summed E-state index contributed by atoms with van der Waals surface area (Å²) in [5, 5.41) is 12.3. The normalized spacial score (nSPS) is 28.7. The zero-order valence-corrected chi connectivity index (χ0v) is 10.2. The van der Waals surface area contributed by atoms with Gasteiger partial charge in [-0.2, -0.15) is 0 Å². The summed E-state index contributed by atoms with van der Waals surface area (Å²) >= 11 is 0. The third-order valence-electron chi connectivity index (χ3n) is 4.16. The van der Waals surface area contributed by atoms with Gasteiger partial charge in [0.25, 0.3) is 0 Å². The molecule has 1 fully saturated rings. The lowest BCUT2D eigenvalue weighted by Gasteiger charge is -2.24. The minimum absolute atomic E-state index is 0.119. The number of rotatable bonds is 1. The number of hydrogen-bond donors (Lipinski definition) is 1. The van der Waals surface area contributed by atoms with Crippen molar-refractivity contribution >= 4 is 10.8 Å². The summed E-state index contributed by atoms with van der Waals surface area (Å²) in [4.78, 5) is 0. The zero-order chi connectivity index (χ0) is 11.9. The van der Waals surface area contributed by atoms with E-state index in [1.807, 2.05) is 0 Å². The highest BCUT2D eigenvalue weighted by atomic mass is 16.3. The van der Waals surface area contributed by atoms with Crippen LogP contribution >= 0.6 is 0 Å². The van der Waals surface area contributed by atoms with Crippen molar-refractivity contribution in [3.8, 4) is 0 Å². The standard InChI is InChI=1S/C16H18O/c1-16(9-8-15(17)11-16)14-7-6-12-4-2-3-5-13(12)10-14/h2-7,10,15,17H,8-9,11H2,1H3. The zero-order valence-electron chi connectivity index (χ0n) is 10.2. The van der Waals surface area contributed by atoms with Gasteiger partial charge < -0.3 is 5.11 Å². The summed E-state index contributed by atoms with van der Waals surface area (Å²) in [6.45, 7) is 2.27. The number of aliphatic hydroxyl groups is 1. The molecule has 1 N–H and O–H groups in total. The van der Waals surface area contributed by atoms with Crippen LogP contribution in [0.25, 0.3) is 10.8 Å². The highest BCUT2D eigenvalue weighted by Gasteiger charge is 2.35. The molecule has 0 spiro atoms. The van der Waals surface area contributed by atoms with Crippen LogP contribution in [0, 0.1) is 0 Å². The maximum Gasteiger partial charge on any atom is 0.0549 e. The Bertz CT molecular complexity index is 546. The van der Waals surface area contributed by atoms with Gasteiger partial charge in [0.1, 0.15) is 0 Å². The van der Waals surface area contributed by atoms with Crippen molar-refractivity contribution in [2.75, 3.05) is 0 Å². The molecule has 2 atom stereocenters. The van der Waals surface area contributed by atoms with Crippen LogP contribution < -0.4 is 0 Å². The predicted octanol–water partition coefficient (Wildman–Crippen LogP) is 3.64. The maximum atomic E-state index is 9.74. The van der Waals surface area contributed by atoms with Gasteiger partial charge in [-0.3, -0.25) is 0 Å². The highest BCUT2D eigenvalue weighted by molar-refractivity contribution is 5.83. The first kappa shape index (κ1) is 10.8. The molecule has 0 aromatic heterocycles. The molecule has 2 aromatic carbocycles. The van der Waals surface area contributed by atoms with Gasteiger partial charge in [-0.05, 0) is 41.0 Å². The third kappa shape index (κ3) is 1.85. The SMILES string of the molecule is CC1(c2ccc3ccccc3c2)CCC(O)C1. The Morgan fingerprint density at radius 1 is 1.12 bits per heavy atom. The molecule has 0 amide bonds. The van der Waals surface area contributed by atoms with E-state index in [-0.39, 0.29) is 11.5 Å². The van der Waals surface area contributed by atoms with Crippen LogP contribution in [0.4, 0.5) is 0 Å². The molecule has 88 valence electrons. The monoisotopic (exact) mass is 226 g/mol. The van der Waals surface area contributed by atoms with Gasteiger partial charge in [-0.1, -0.05) is 49.4 Å². The van der Waals surface area contributed by atoms with Crippen molar-refractivity contribution in [1.29, 1.82) is 0 Å². The molecule has 1 aliphatic rings. The van der Waals surface area contributed by atoms with E-state index in [0.717, 1.165) is 19.3 Å². The second kappa shape index (κ2) is 3.85. The Morgan fingerprint density at radius 3 is 2.59 bits per heavy atom. The molecule has 1 saturated carbocycles. The van der Waals surface area contributed by atoms with Gasteiger partial charge in [-0.15, -0.1) is 0 Å².